The molecule has 0 saturated heterocycles. The van der Waals surface area contributed by atoms with Crippen LogP contribution < -0.4 is 0 Å². The number of nitrogens with one attached hydrogen (secondary N) is 1. The molecule has 0 saturated carbocycles. The van der Waals surface area contributed by atoms with Crippen LogP contribution in [0.15, 0.2) is 18.2 Å². The lowest BCUT2D eigenvalue weighted by atomic mass is 10.0. The van der Waals surface area contributed by atoms with Crippen LogP contribution in [0.2, 0.25) is 5.15 Å². The number of fused-ring (bicyclic) bond motifs is 1. The standard InChI is InChI=1S/C12H12ClNO2/c1-7-3-2-4-9-11(7)8(12(13)14-9)5-6-10(15)16/h2-4,14H,5-6H2,1H3,(H,15,16). The van der Waals surface area contributed by atoms with E-state index in [-0.39, 0.29) is 6.42 Å². The minimum absolute atomic E-state index is 0.0982. The van der Waals surface area contributed by atoms with Gasteiger partial charge in [-0.25, -0.2) is 0 Å². The van der Waals surface area contributed by atoms with Gasteiger partial charge in [0.05, 0.1) is 0 Å². The van der Waals surface area contributed by atoms with Crippen LogP contribution in [0, 0.1) is 6.92 Å². The fourth-order valence-corrected chi connectivity index (χ4v) is 2.23. The molecule has 16 heavy (non-hydrogen) atoms. The molecule has 0 fully saturated rings. The molecule has 4 heteroatoms. The number of carbonyl (C=O) groups is 1. The number of aromatic nitrogens is 1. The highest BCUT2D eigenvalue weighted by atomic mass is 35.5. The molecule has 0 unspecified atom stereocenters. The van der Waals surface area contributed by atoms with Crippen molar-refractivity contribution in [1.82, 2.24) is 4.98 Å². The molecule has 2 aromatic rings. The van der Waals surface area contributed by atoms with Crippen molar-refractivity contribution in [1.29, 1.82) is 0 Å². The lowest BCUT2D eigenvalue weighted by molar-refractivity contribution is -0.136. The fourth-order valence-electron chi connectivity index (χ4n) is 1.94. The van der Waals surface area contributed by atoms with Crippen molar-refractivity contribution in [2.24, 2.45) is 0 Å². The molecule has 0 spiro atoms. The van der Waals surface area contributed by atoms with E-state index in [1.165, 1.54) is 0 Å². The second-order valence-electron chi connectivity index (χ2n) is 3.81. The fraction of sp³-hybridized carbons (Fsp3) is 0.250. The third-order valence-corrected chi connectivity index (χ3v) is 3.00. The van der Waals surface area contributed by atoms with Gasteiger partial charge in [0.1, 0.15) is 5.15 Å². The minimum atomic E-state index is -0.806. The number of aryl methyl sites for hydroxylation is 2. The van der Waals surface area contributed by atoms with Crippen molar-refractivity contribution in [2.75, 3.05) is 0 Å². The van der Waals surface area contributed by atoms with Gasteiger partial charge in [-0.15, -0.1) is 0 Å². The van der Waals surface area contributed by atoms with Crippen LogP contribution in [0.5, 0.6) is 0 Å². The summed E-state index contributed by atoms with van der Waals surface area (Å²) in [6, 6.07) is 5.89. The Morgan fingerprint density at radius 3 is 2.94 bits per heavy atom. The molecule has 0 atom stereocenters. The van der Waals surface area contributed by atoms with E-state index in [0.717, 1.165) is 22.0 Å². The second kappa shape index (κ2) is 4.18. The molecular weight excluding hydrogens is 226 g/mol. The number of hydrogen-bond acceptors (Lipinski definition) is 1. The van der Waals surface area contributed by atoms with E-state index in [1.807, 2.05) is 25.1 Å². The van der Waals surface area contributed by atoms with Gasteiger partial charge < -0.3 is 10.1 Å². The summed E-state index contributed by atoms with van der Waals surface area (Å²) in [4.78, 5) is 13.6. The maximum absolute atomic E-state index is 10.6. The zero-order chi connectivity index (χ0) is 11.7. The number of carboxylic acid groups (broad SMARTS) is 1. The number of hydrogen-bond donors (Lipinski definition) is 2. The molecule has 2 N–H and O–H groups in total. The first-order chi connectivity index (χ1) is 7.59. The molecule has 0 amide bonds. The number of benzene rings is 1. The third-order valence-electron chi connectivity index (χ3n) is 2.67. The normalized spacial score (nSPS) is 10.9. The zero-order valence-corrected chi connectivity index (χ0v) is 9.64. The van der Waals surface area contributed by atoms with Crippen molar-refractivity contribution >= 4 is 28.5 Å². The second-order valence-corrected chi connectivity index (χ2v) is 4.19. The highest BCUT2D eigenvalue weighted by Gasteiger charge is 2.12. The predicted molar refractivity (Wildman–Crippen MR) is 64.0 cm³/mol. The maximum Gasteiger partial charge on any atom is 0.303 e. The van der Waals surface area contributed by atoms with Crippen LogP contribution in [-0.2, 0) is 11.2 Å². The first-order valence-electron chi connectivity index (χ1n) is 5.07. The van der Waals surface area contributed by atoms with Gasteiger partial charge in [-0.2, -0.15) is 0 Å². The van der Waals surface area contributed by atoms with Crippen molar-refractivity contribution in [3.05, 3.63) is 34.5 Å². The minimum Gasteiger partial charge on any atom is -0.481 e. The SMILES string of the molecule is Cc1cccc2[nH]c(Cl)c(CCC(=O)O)c12. The molecule has 2 rings (SSSR count). The average molecular weight is 238 g/mol. The van der Waals surface area contributed by atoms with Gasteiger partial charge in [-0.05, 0) is 30.5 Å². The van der Waals surface area contributed by atoms with Gasteiger partial charge >= 0.3 is 5.97 Å². The Kier molecular flexibility index (Phi) is 2.88. The number of H-pyrrole nitrogens is 1. The first-order valence-corrected chi connectivity index (χ1v) is 5.45. The van der Waals surface area contributed by atoms with Crippen molar-refractivity contribution in [3.63, 3.8) is 0 Å². The highest BCUT2D eigenvalue weighted by Crippen LogP contribution is 2.29. The lowest BCUT2D eigenvalue weighted by Crippen LogP contribution is -1.97. The van der Waals surface area contributed by atoms with E-state index in [2.05, 4.69) is 4.98 Å². The van der Waals surface area contributed by atoms with Crippen LogP contribution in [-0.4, -0.2) is 16.1 Å². The van der Waals surface area contributed by atoms with E-state index >= 15 is 0 Å². The number of rotatable bonds is 3. The maximum atomic E-state index is 10.6. The average Bonchev–Trinajstić information content (AvgIpc) is 2.52. The highest BCUT2D eigenvalue weighted by molar-refractivity contribution is 6.31. The van der Waals surface area contributed by atoms with E-state index in [1.54, 1.807) is 0 Å². The summed E-state index contributed by atoms with van der Waals surface area (Å²) in [7, 11) is 0. The van der Waals surface area contributed by atoms with Gasteiger partial charge in [0.2, 0.25) is 0 Å². The van der Waals surface area contributed by atoms with Crippen molar-refractivity contribution in [3.8, 4) is 0 Å². The Morgan fingerprint density at radius 1 is 1.50 bits per heavy atom. The summed E-state index contributed by atoms with van der Waals surface area (Å²) >= 11 is 6.07. The van der Waals surface area contributed by atoms with Gasteiger partial charge in [0.25, 0.3) is 0 Å². The van der Waals surface area contributed by atoms with Crippen LogP contribution in [0.25, 0.3) is 10.9 Å². The zero-order valence-electron chi connectivity index (χ0n) is 8.88. The largest absolute Gasteiger partial charge is 0.481 e. The van der Waals surface area contributed by atoms with Gasteiger partial charge in [-0.3, -0.25) is 4.79 Å². The van der Waals surface area contributed by atoms with Crippen molar-refractivity contribution < 1.29 is 9.90 Å². The molecule has 3 nitrogen and oxygen atoms in total. The number of aromatic amines is 1. The Morgan fingerprint density at radius 2 is 2.25 bits per heavy atom. The van der Waals surface area contributed by atoms with Crippen LogP contribution in [0.1, 0.15) is 17.5 Å². The summed E-state index contributed by atoms with van der Waals surface area (Å²) in [5, 5.41) is 10.3. The van der Waals surface area contributed by atoms with Crippen LogP contribution in [0.3, 0.4) is 0 Å². The monoisotopic (exact) mass is 237 g/mol. The summed E-state index contributed by atoms with van der Waals surface area (Å²) in [5.74, 6) is -0.806. The number of halogens is 1. The van der Waals surface area contributed by atoms with E-state index in [0.29, 0.717) is 11.6 Å². The molecule has 1 heterocycles. The smallest absolute Gasteiger partial charge is 0.303 e. The molecule has 0 bridgehead atoms. The summed E-state index contributed by atoms with van der Waals surface area (Å²) in [6.45, 7) is 2.00. The van der Waals surface area contributed by atoms with Gasteiger partial charge in [0, 0.05) is 17.3 Å². The summed E-state index contributed by atoms with van der Waals surface area (Å²) in [5.41, 5.74) is 2.98. The quantitative estimate of drug-likeness (QED) is 0.862. The lowest BCUT2D eigenvalue weighted by Gasteiger charge is -2.00. The number of aliphatic carboxylic acids is 1. The Bertz CT molecular complexity index is 545. The molecule has 0 aliphatic heterocycles. The van der Waals surface area contributed by atoms with Crippen molar-refractivity contribution in [2.45, 2.75) is 19.8 Å². The topological polar surface area (TPSA) is 53.1 Å². The molecule has 84 valence electrons. The molecule has 1 aromatic carbocycles. The first kappa shape index (κ1) is 11.0. The van der Waals surface area contributed by atoms with Crippen LogP contribution in [0.4, 0.5) is 0 Å². The third kappa shape index (κ3) is 1.91. The Balaban J connectivity index is 2.50. The predicted octanol–water partition coefficient (Wildman–Crippen LogP) is 3.15. The molecule has 0 aliphatic rings. The molecular formula is C12H12ClNO2. The summed E-state index contributed by atoms with van der Waals surface area (Å²) in [6.07, 6.45) is 0.556. The van der Waals surface area contributed by atoms with Crippen LogP contribution >= 0.6 is 11.6 Å². The Hall–Kier alpha value is -1.48. The summed E-state index contributed by atoms with van der Waals surface area (Å²) < 4.78 is 0. The van der Waals surface area contributed by atoms with Gasteiger partial charge in [-0.1, -0.05) is 23.7 Å². The Labute approximate surface area is 98.0 Å². The number of carboxylic acids is 1. The van der Waals surface area contributed by atoms with E-state index in [4.69, 9.17) is 16.7 Å². The van der Waals surface area contributed by atoms with E-state index < -0.39 is 5.97 Å². The molecule has 1 aromatic heterocycles. The molecule has 0 radical (unpaired) electrons. The molecule has 0 aliphatic carbocycles. The van der Waals surface area contributed by atoms with Gasteiger partial charge in [0.15, 0.2) is 0 Å². The van der Waals surface area contributed by atoms with E-state index in [9.17, 15) is 4.79 Å².